The summed E-state index contributed by atoms with van der Waals surface area (Å²) in [5.41, 5.74) is 0. The van der Waals surface area contributed by atoms with Crippen LogP contribution < -0.4 is 0 Å². The van der Waals surface area contributed by atoms with Crippen LogP contribution in [-0.2, 0) is 9.53 Å². The highest BCUT2D eigenvalue weighted by Gasteiger charge is 1.99. The first-order valence-corrected chi connectivity index (χ1v) is 4.37. The molecule has 0 atom stereocenters. The molecule has 2 heteroatoms. The molecule has 0 aromatic rings. The zero-order chi connectivity index (χ0) is 9.56. The number of hydrogen-bond donors (Lipinski definition) is 0. The fraction of sp³-hybridized carbons (Fsp3) is 0.700. The summed E-state index contributed by atoms with van der Waals surface area (Å²) in [6.45, 7) is 8.57. The Bertz CT molecular complexity index is 157. The Labute approximate surface area is 74.6 Å². The predicted molar refractivity (Wildman–Crippen MR) is 49.8 cm³/mol. The van der Waals surface area contributed by atoms with Crippen LogP contribution in [0, 0.1) is 11.8 Å². The van der Waals surface area contributed by atoms with Gasteiger partial charge in [-0.15, -0.1) is 0 Å². The van der Waals surface area contributed by atoms with Gasteiger partial charge in [0.25, 0.3) is 0 Å². The molecule has 0 aliphatic carbocycles. The minimum absolute atomic E-state index is 0.239. The van der Waals surface area contributed by atoms with Crippen molar-refractivity contribution in [3.05, 3.63) is 12.2 Å². The molecule has 0 heterocycles. The number of esters is 1. The Morgan fingerprint density at radius 3 is 2.33 bits per heavy atom. The van der Waals surface area contributed by atoms with Gasteiger partial charge in [-0.05, 0) is 11.8 Å². The van der Waals surface area contributed by atoms with Crippen molar-refractivity contribution in [2.24, 2.45) is 11.8 Å². The number of carbonyl (C=O) groups excluding carboxylic acids is 1. The zero-order valence-corrected chi connectivity index (χ0v) is 8.33. The van der Waals surface area contributed by atoms with E-state index in [4.69, 9.17) is 4.74 Å². The number of carbonyl (C=O) groups is 1. The maximum absolute atomic E-state index is 10.9. The van der Waals surface area contributed by atoms with Crippen molar-refractivity contribution in [2.45, 2.75) is 27.7 Å². The van der Waals surface area contributed by atoms with Crippen molar-refractivity contribution >= 4 is 5.97 Å². The van der Waals surface area contributed by atoms with E-state index >= 15 is 0 Å². The van der Waals surface area contributed by atoms with Crippen LogP contribution in [0.25, 0.3) is 0 Å². The first-order valence-electron chi connectivity index (χ1n) is 4.37. The summed E-state index contributed by atoms with van der Waals surface area (Å²) < 4.78 is 4.93. The molecule has 0 spiro atoms. The second-order valence-corrected chi connectivity index (χ2v) is 3.63. The SMILES string of the molecule is CC(C)C=CC(=O)OCC(C)C. The van der Waals surface area contributed by atoms with Gasteiger partial charge in [0.15, 0.2) is 0 Å². The van der Waals surface area contributed by atoms with Crippen LogP contribution in [0.1, 0.15) is 27.7 Å². The molecule has 0 fully saturated rings. The smallest absolute Gasteiger partial charge is 0.330 e. The first kappa shape index (κ1) is 11.2. The molecule has 0 aliphatic heterocycles. The standard InChI is InChI=1S/C10H18O2/c1-8(2)5-6-10(11)12-7-9(3)4/h5-6,8-9H,7H2,1-4H3. The minimum Gasteiger partial charge on any atom is -0.462 e. The van der Waals surface area contributed by atoms with Crippen molar-refractivity contribution in [3.63, 3.8) is 0 Å². The predicted octanol–water partition coefficient (Wildman–Crippen LogP) is 2.40. The van der Waals surface area contributed by atoms with Crippen molar-refractivity contribution < 1.29 is 9.53 Å². The van der Waals surface area contributed by atoms with Gasteiger partial charge in [0.1, 0.15) is 0 Å². The molecule has 12 heavy (non-hydrogen) atoms. The third-order valence-corrected chi connectivity index (χ3v) is 1.18. The van der Waals surface area contributed by atoms with Gasteiger partial charge < -0.3 is 4.74 Å². The molecule has 0 amide bonds. The topological polar surface area (TPSA) is 26.3 Å². The van der Waals surface area contributed by atoms with E-state index in [0.717, 1.165) is 0 Å². The van der Waals surface area contributed by atoms with E-state index in [9.17, 15) is 4.79 Å². The van der Waals surface area contributed by atoms with Gasteiger partial charge in [0.2, 0.25) is 0 Å². The van der Waals surface area contributed by atoms with E-state index in [1.807, 2.05) is 33.8 Å². The lowest BCUT2D eigenvalue weighted by Gasteiger charge is -2.03. The van der Waals surface area contributed by atoms with Crippen molar-refractivity contribution in [1.82, 2.24) is 0 Å². The van der Waals surface area contributed by atoms with Crippen molar-refractivity contribution in [2.75, 3.05) is 6.61 Å². The zero-order valence-electron chi connectivity index (χ0n) is 8.33. The normalized spacial score (nSPS) is 11.5. The van der Waals surface area contributed by atoms with Gasteiger partial charge >= 0.3 is 5.97 Å². The summed E-state index contributed by atoms with van der Waals surface area (Å²) in [6, 6.07) is 0. The molecular weight excluding hydrogens is 152 g/mol. The molecule has 0 rings (SSSR count). The summed E-state index contributed by atoms with van der Waals surface area (Å²) in [5, 5.41) is 0. The molecule has 0 aliphatic rings. The second-order valence-electron chi connectivity index (χ2n) is 3.63. The lowest BCUT2D eigenvalue weighted by molar-refractivity contribution is -0.138. The Hall–Kier alpha value is -0.790. The fourth-order valence-corrected chi connectivity index (χ4v) is 0.568. The van der Waals surface area contributed by atoms with Gasteiger partial charge in [-0.25, -0.2) is 4.79 Å². The van der Waals surface area contributed by atoms with Gasteiger partial charge in [-0.3, -0.25) is 0 Å². The second kappa shape index (κ2) is 5.81. The van der Waals surface area contributed by atoms with Crippen LogP contribution in [0.15, 0.2) is 12.2 Å². The summed E-state index contributed by atoms with van der Waals surface area (Å²) in [5.74, 6) is 0.565. The summed E-state index contributed by atoms with van der Waals surface area (Å²) in [4.78, 5) is 10.9. The van der Waals surface area contributed by atoms with Gasteiger partial charge in [0.05, 0.1) is 6.61 Å². The average molecular weight is 170 g/mol. The average Bonchev–Trinajstić information content (AvgIpc) is 1.96. The van der Waals surface area contributed by atoms with Crippen molar-refractivity contribution in [3.8, 4) is 0 Å². The molecular formula is C10H18O2. The molecule has 0 unspecified atom stereocenters. The van der Waals surface area contributed by atoms with Crippen LogP contribution >= 0.6 is 0 Å². The maximum atomic E-state index is 10.9. The van der Waals surface area contributed by atoms with E-state index in [1.165, 1.54) is 6.08 Å². The van der Waals surface area contributed by atoms with E-state index in [0.29, 0.717) is 18.4 Å². The highest BCUT2D eigenvalue weighted by atomic mass is 16.5. The highest BCUT2D eigenvalue weighted by molar-refractivity contribution is 5.81. The van der Waals surface area contributed by atoms with E-state index in [2.05, 4.69) is 0 Å². The maximum Gasteiger partial charge on any atom is 0.330 e. The van der Waals surface area contributed by atoms with Gasteiger partial charge in [0, 0.05) is 6.08 Å². The number of ether oxygens (including phenoxy) is 1. The van der Waals surface area contributed by atoms with E-state index in [-0.39, 0.29) is 5.97 Å². The van der Waals surface area contributed by atoms with Crippen molar-refractivity contribution in [1.29, 1.82) is 0 Å². The first-order chi connectivity index (χ1) is 5.52. The third kappa shape index (κ3) is 7.32. The summed E-state index contributed by atoms with van der Waals surface area (Å²) in [6.07, 6.45) is 3.33. The molecule has 0 saturated heterocycles. The molecule has 0 bridgehead atoms. The number of hydrogen-bond acceptors (Lipinski definition) is 2. The summed E-state index contributed by atoms with van der Waals surface area (Å²) >= 11 is 0. The Morgan fingerprint density at radius 2 is 1.92 bits per heavy atom. The molecule has 70 valence electrons. The molecule has 0 N–H and O–H groups in total. The van der Waals surface area contributed by atoms with Crippen LogP contribution in [-0.4, -0.2) is 12.6 Å². The monoisotopic (exact) mass is 170 g/mol. The Kier molecular flexibility index (Phi) is 5.43. The molecule has 0 aromatic heterocycles. The van der Waals surface area contributed by atoms with Crippen LogP contribution in [0.2, 0.25) is 0 Å². The van der Waals surface area contributed by atoms with E-state index in [1.54, 1.807) is 0 Å². The summed E-state index contributed by atoms with van der Waals surface area (Å²) in [7, 11) is 0. The fourth-order valence-electron chi connectivity index (χ4n) is 0.568. The quantitative estimate of drug-likeness (QED) is 0.478. The highest BCUT2D eigenvalue weighted by Crippen LogP contribution is 1.96. The molecule has 0 aromatic carbocycles. The van der Waals surface area contributed by atoms with Gasteiger partial charge in [-0.2, -0.15) is 0 Å². The minimum atomic E-state index is -0.239. The molecule has 0 saturated carbocycles. The van der Waals surface area contributed by atoms with Crippen LogP contribution in [0.3, 0.4) is 0 Å². The van der Waals surface area contributed by atoms with E-state index < -0.39 is 0 Å². The molecule has 2 nitrogen and oxygen atoms in total. The van der Waals surface area contributed by atoms with Crippen LogP contribution in [0.4, 0.5) is 0 Å². The largest absolute Gasteiger partial charge is 0.462 e. The Morgan fingerprint density at radius 1 is 1.33 bits per heavy atom. The lowest BCUT2D eigenvalue weighted by Crippen LogP contribution is -2.07. The number of allylic oxidation sites excluding steroid dienone is 1. The van der Waals surface area contributed by atoms with Crippen LogP contribution in [0.5, 0.6) is 0 Å². The third-order valence-electron chi connectivity index (χ3n) is 1.18. The lowest BCUT2D eigenvalue weighted by atomic mass is 10.2. The Balaban J connectivity index is 3.60. The molecule has 0 radical (unpaired) electrons. The van der Waals surface area contributed by atoms with Gasteiger partial charge in [-0.1, -0.05) is 33.8 Å². The number of rotatable bonds is 4.